The Kier molecular flexibility index (Phi) is 2.40. The largest absolute Gasteiger partial charge is 0.361 e. The SMILES string of the molecule is O=C(c1ccc2[nH]ccc2c1)N(CC1CC1)C1CC1. The van der Waals surface area contributed by atoms with Crippen molar-refractivity contribution in [1.29, 1.82) is 0 Å². The molecule has 1 amide bonds. The average Bonchev–Trinajstić information content (AvgIpc) is 3.33. The van der Waals surface area contributed by atoms with Gasteiger partial charge < -0.3 is 9.88 Å². The van der Waals surface area contributed by atoms with Crippen molar-refractivity contribution < 1.29 is 4.79 Å². The van der Waals surface area contributed by atoms with Crippen LogP contribution in [0.3, 0.4) is 0 Å². The molecule has 19 heavy (non-hydrogen) atoms. The van der Waals surface area contributed by atoms with Crippen LogP contribution in [-0.4, -0.2) is 28.4 Å². The maximum absolute atomic E-state index is 12.7. The van der Waals surface area contributed by atoms with Crippen LogP contribution in [0.25, 0.3) is 10.9 Å². The molecule has 0 atom stereocenters. The molecular formula is C16H18N2O. The summed E-state index contributed by atoms with van der Waals surface area (Å²) >= 11 is 0. The van der Waals surface area contributed by atoms with Crippen LogP contribution in [0.2, 0.25) is 0 Å². The van der Waals surface area contributed by atoms with E-state index in [0.717, 1.165) is 28.9 Å². The first kappa shape index (κ1) is 11.1. The van der Waals surface area contributed by atoms with Crippen molar-refractivity contribution in [2.45, 2.75) is 31.7 Å². The predicted molar refractivity (Wildman–Crippen MR) is 75.1 cm³/mol. The molecule has 3 nitrogen and oxygen atoms in total. The fourth-order valence-electron chi connectivity index (χ4n) is 2.71. The van der Waals surface area contributed by atoms with Crippen molar-refractivity contribution in [3.8, 4) is 0 Å². The van der Waals surface area contributed by atoms with Crippen LogP contribution in [-0.2, 0) is 0 Å². The number of aromatic amines is 1. The molecule has 3 heteroatoms. The number of hydrogen-bond donors (Lipinski definition) is 1. The van der Waals surface area contributed by atoms with Crippen LogP contribution in [0.1, 0.15) is 36.0 Å². The Bertz CT molecular complexity index is 622. The second kappa shape index (κ2) is 4.12. The molecule has 1 aromatic heterocycles. The minimum absolute atomic E-state index is 0.220. The first-order valence-corrected chi connectivity index (χ1v) is 7.19. The van der Waals surface area contributed by atoms with E-state index in [2.05, 4.69) is 9.88 Å². The summed E-state index contributed by atoms with van der Waals surface area (Å²) in [6.45, 7) is 0.967. The highest BCUT2D eigenvalue weighted by molar-refractivity contribution is 5.98. The topological polar surface area (TPSA) is 36.1 Å². The van der Waals surface area contributed by atoms with Crippen molar-refractivity contribution in [3.63, 3.8) is 0 Å². The molecule has 2 aromatic rings. The van der Waals surface area contributed by atoms with Crippen LogP contribution >= 0.6 is 0 Å². The summed E-state index contributed by atoms with van der Waals surface area (Å²) in [7, 11) is 0. The maximum Gasteiger partial charge on any atom is 0.254 e. The van der Waals surface area contributed by atoms with Gasteiger partial charge in [0, 0.05) is 35.2 Å². The second-order valence-electron chi connectivity index (χ2n) is 5.91. The monoisotopic (exact) mass is 254 g/mol. The Labute approximate surface area is 112 Å². The molecule has 2 aliphatic carbocycles. The summed E-state index contributed by atoms with van der Waals surface area (Å²) in [6.07, 6.45) is 6.89. The van der Waals surface area contributed by atoms with Crippen LogP contribution in [0, 0.1) is 5.92 Å². The second-order valence-corrected chi connectivity index (χ2v) is 5.91. The molecule has 0 bridgehead atoms. The van der Waals surface area contributed by atoms with Gasteiger partial charge in [-0.25, -0.2) is 0 Å². The minimum atomic E-state index is 0.220. The molecule has 0 unspecified atom stereocenters. The van der Waals surface area contributed by atoms with E-state index in [9.17, 15) is 4.79 Å². The molecule has 2 aliphatic rings. The molecule has 0 saturated heterocycles. The van der Waals surface area contributed by atoms with Gasteiger partial charge in [0.25, 0.3) is 5.91 Å². The summed E-state index contributed by atoms with van der Waals surface area (Å²) in [5.41, 5.74) is 1.93. The fraction of sp³-hybridized carbons (Fsp3) is 0.438. The zero-order valence-corrected chi connectivity index (χ0v) is 10.9. The van der Waals surface area contributed by atoms with Gasteiger partial charge >= 0.3 is 0 Å². The molecule has 1 aromatic carbocycles. The quantitative estimate of drug-likeness (QED) is 0.893. The van der Waals surface area contributed by atoms with E-state index in [0.29, 0.717) is 6.04 Å². The van der Waals surface area contributed by atoms with Crippen LogP contribution in [0.15, 0.2) is 30.5 Å². The lowest BCUT2D eigenvalue weighted by molar-refractivity contribution is 0.0735. The number of fused-ring (bicyclic) bond motifs is 1. The van der Waals surface area contributed by atoms with E-state index in [4.69, 9.17) is 0 Å². The van der Waals surface area contributed by atoms with Gasteiger partial charge in [0.05, 0.1) is 0 Å². The number of aromatic nitrogens is 1. The molecule has 0 radical (unpaired) electrons. The smallest absolute Gasteiger partial charge is 0.254 e. The lowest BCUT2D eigenvalue weighted by atomic mass is 10.1. The average molecular weight is 254 g/mol. The third-order valence-electron chi connectivity index (χ3n) is 4.20. The number of hydrogen-bond acceptors (Lipinski definition) is 1. The van der Waals surface area contributed by atoms with E-state index in [1.807, 2.05) is 30.5 Å². The third-order valence-corrected chi connectivity index (χ3v) is 4.20. The zero-order valence-electron chi connectivity index (χ0n) is 10.9. The first-order valence-electron chi connectivity index (χ1n) is 7.19. The Morgan fingerprint density at radius 2 is 2.05 bits per heavy atom. The van der Waals surface area contributed by atoms with E-state index in [1.165, 1.54) is 25.7 Å². The summed E-state index contributed by atoms with van der Waals surface area (Å²) in [5.74, 6) is 0.984. The van der Waals surface area contributed by atoms with Crippen LogP contribution < -0.4 is 0 Å². The van der Waals surface area contributed by atoms with Gasteiger partial charge in [0.15, 0.2) is 0 Å². The van der Waals surface area contributed by atoms with E-state index >= 15 is 0 Å². The predicted octanol–water partition coefficient (Wildman–Crippen LogP) is 3.18. The molecule has 2 fully saturated rings. The van der Waals surface area contributed by atoms with E-state index in [-0.39, 0.29) is 5.91 Å². The molecule has 1 N–H and O–H groups in total. The van der Waals surface area contributed by atoms with Crippen molar-refractivity contribution in [2.75, 3.05) is 6.54 Å². The van der Waals surface area contributed by atoms with Gasteiger partial charge in [-0.2, -0.15) is 0 Å². The molecule has 98 valence electrons. The number of nitrogens with one attached hydrogen (secondary N) is 1. The lowest BCUT2D eigenvalue weighted by Gasteiger charge is -2.22. The highest BCUT2D eigenvalue weighted by atomic mass is 16.2. The molecule has 2 saturated carbocycles. The van der Waals surface area contributed by atoms with Crippen LogP contribution in [0.4, 0.5) is 0 Å². The summed E-state index contributed by atoms with van der Waals surface area (Å²) < 4.78 is 0. The van der Waals surface area contributed by atoms with E-state index in [1.54, 1.807) is 0 Å². The van der Waals surface area contributed by atoms with Crippen molar-refractivity contribution >= 4 is 16.8 Å². The Morgan fingerprint density at radius 1 is 1.21 bits per heavy atom. The summed E-state index contributed by atoms with van der Waals surface area (Å²) in [6, 6.07) is 8.49. The first-order chi connectivity index (χ1) is 9.31. The molecule has 1 heterocycles. The number of rotatable bonds is 4. The van der Waals surface area contributed by atoms with Crippen LogP contribution in [0.5, 0.6) is 0 Å². The van der Waals surface area contributed by atoms with Gasteiger partial charge in [-0.1, -0.05) is 0 Å². The molecule has 0 aliphatic heterocycles. The highest BCUT2D eigenvalue weighted by Gasteiger charge is 2.36. The zero-order chi connectivity index (χ0) is 12.8. The Morgan fingerprint density at radius 3 is 2.79 bits per heavy atom. The molecule has 4 rings (SSSR count). The fourth-order valence-corrected chi connectivity index (χ4v) is 2.71. The Hall–Kier alpha value is -1.77. The number of nitrogens with zero attached hydrogens (tertiary/aromatic N) is 1. The minimum Gasteiger partial charge on any atom is -0.361 e. The summed E-state index contributed by atoms with van der Waals surface area (Å²) in [5, 5.41) is 1.12. The number of amides is 1. The van der Waals surface area contributed by atoms with Gasteiger partial charge in [-0.3, -0.25) is 4.79 Å². The van der Waals surface area contributed by atoms with Gasteiger partial charge in [0.2, 0.25) is 0 Å². The highest BCUT2D eigenvalue weighted by Crippen LogP contribution is 2.35. The van der Waals surface area contributed by atoms with E-state index < -0.39 is 0 Å². The van der Waals surface area contributed by atoms with Gasteiger partial charge in [0.1, 0.15) is 0 Å². The van der Waals surface area contributed by atoms with Gasteiger partial charge in [-0.05, 0) is 55.9 Å². The van der Waals surface area contributed by atoms with Crippen molar-refractivity contribution in [2.24, 2.45) is 5.92 Å². The lowest BCUT2D eigenvalue weighted by Crippen LogP contribution is -2.34. The number of carbonyl (C=O) groups excluding carboxylic acids is 1. The number of H-pyrrole nitrogens is 1. The summed E-state index contributed by atoms with van der Waals surface area (Å²) in [4.78, 5) is 18.0. The molecule has 0 spiro atoms. The normalized spacial score (nSPS) is 18.7. The standard InChI is InChI=1S/C16H18N2O/c19-16(18(14-4-5-14)10-11-1-2-11)13-3-6-15-12(9-13)7-8-17-15/h3,6-9,11,14,17H,1-2,4-5,10H2. The van der Waals surface area contributed by atoms with Crippen molar-refractivity contribution in [1.82, 2.24) is 9.88 Å². The number of carbonyl (C=O) groups is 1. The Balaban J connectivity index is 1.62. The molecular weight excluding hydrogens is 236 g/mol. The third kappa shape index (κ3) is 2.14. The number of benzene rings is 1. The van der Waals surface area contributed by atoms with Crippen molar-refractivity contribution in [3.05, 3.63) is 36.0 Å². The van der Waals surface area contributed by atoms with Gasteiger partial charge in [-0.15, -0.1) is 0 Å². The maximum atomic E-state index is 12.7.